The van der Waals surface area contributed by atoms with Crippen molar-refractivity contribution in [2.75, 3.05) is 24.6 Å². The van der Waals surface area contributed by atoms with E-state index in [2.05, 4.69) is 15.0 Å². The van der Waals surface area contributed by atoms with Gasteiger partial charge in [0.1, 0.15) is 12.4 Å². The fraction of sp³-hybridized carbons (Fsp3) is 0.263. The number of morpholine rings is 1. The van der Waals surface area contributed by atoms with Gasteiger partial charge in [0.05, 0.1) is 24.5 Å². The van der Waals surface area contributed by atoms with Gasteiger partial charge in [-0.3, -0.25) is 9.36 Å². The Labute approximate surface area is 161 Å². The molecule has 138 valence electrons. The Morgan fingerprint density at radius 3 is 2.85 bits per heavy atom. The van der Waals surface area contributed by atoms with E-state index in [0.717, 1.165) is 5.56 Å². The summed E-state index contributed by atoms with van der Waals surface area (Å²) in [7, 11) is 1.72. The smallest absolute Gasteiger partial charge is 0.255 e. The van der Waals surface area contributed by atoms with Crippen molar-refractivity contribution in [2.45, 2.75) is 6.10 Å². The average Bonchev–Trinajstić information content (AvgIpc) is 2.71. The van der Waals surface area contributed by atoms with Gasteiger partial charge < -0.3 is 9.64 Å². The van der Waals surface area contributed by atoms with Crippen LogP contribution < -0.4 is 10.5 Å². The molecule has 7 nitrogen and oxygen atoms in total. The highest BCUT2D eigenvalue weighted by atomic mass is 35.5. The normalized spacial score (nSPS) is 17.1. The number of ether oxygens (including phenoxy) is 1. The van der Waals surface area contributed by atoms with E-state index in [-0.39, 0.29) is 11.7 Å². The summed E-state index contributed by atoms with van der Waals surface area (Å²) in [4.78, 5) is 27.3. The SMILES string of the molecule is Cn1c(N2CCO[C@H](c3ccccc3Cl)C2)nc(-c2ccncn2)cc1=O. The molecule has 4 rings (SSSR count). The molecule has 1 aliphatic rings. The lowest BCUT2D eigenvalue weighted by atomic mass is 10.1. The number of nitrogens with zero attached hydrogens (tertiary/aromatic N) is 5. The lowest BCUT2D eigenvalue weighted by molar-refractivity contribution is 0.0390. The molecule has 3 aromatic rings. The number of anilines is 1. The molecular formula is C19H18ClN5O2. The van der Waals surface area contributed by atoms with E-state index < -0.39 is 0 Å². The minimum atomic E-state index is -0.188. The molecule has 0 N–H and O–H groups in total. The van der Waals surface area contributed by atoms with Crippen LogP contribution in [0.2, 0.25) is 5.02 Å². The number of rotatable bonds is 3. The number of benzene rings is 1. The Kier molecular flexibility index (Phi) is 4.87. The predicted molar refractivity (Wildman–Crippen MR) is 103 cm³/mol. The summed E-state index contributed by atoms with van der Waals surface area (Å²) in [5.41, 5.74) is 1.92. The third-order valence-corrected chi connectivity index (χ3v) is 4.90. The van der Waals surface area contributed by atoms with Crippen molar-refractivity contribution in [3.05, 3.63) is 69.9 Å². The van der Waals surface area contributed by atoms with Crippen LogP contribution in [0.15, 0.2) is 53.7 Å². The Morgan fingerprint density at radius 1 is 1.22 bits per heavy atom. The first-order valence-electron chi connectivity index (χ1n) is 8.59. The first-order chi connectivity index (χ1) is 13.1. The van der Waals surface area contributed by atoms with Gasteiger partial charge in [0.15, 0.2) is 0 Å². The zero-order valence-corrected chi connectivity index (χ0v) is 15.5. The van der Waals surface area contributed by atoms with Crippen molar-refractivity contribution < 1.29 is 4.74 Å². The second-order valence-corrected chi connectivity index (χ2v) is 6.67. The number of aromatic nitrogens is 4. The maximum absolute atomic E-state index is 12.5. The van der Waals surface area contributed by atoms with E-state index in [1.807, 2.05) is 29.2 Å². The van der Waals surface area contributed by atoms with Crippen molar-refractivity contribution in [3.8, 4) is 11.4 Å². The largest absolute Gasteiger partial charge is 0.370 e. The minimum Gasteiger partial charge on any atom is -0.370 e. The van der Waals surface area contributed by atoms with Gasteiger partial charge in [-0.05, 0) is 12.1 Å². The van der Waals surface area contributed by atoms with Crippen LogP contribution in [0.4, 0.5) is 5.95 Å². The summed E-state index contributed by atoms with van der Waals surface area (Å²) >= 11 is 6.33. The molecule has 1 saturated heterocycles. The van der Waals surface area contributed by atoms with Gasteiger partial charge in [0.25, 0.3) is 5.56 Å². The van der Waals surface area contributed by atoms with E-state index in [1.54, 1.807) is 23.9 Å². The lowest BCUT2D eigenvalue weighted by Gasteiger charge is -2.34. The number of hydrogen-bond acceptors (Lipinski definition) is 6. The van der Waals surface area contributed by atoms with E-state index in [4.69, 9.17) is 16.3 Å². The average molecular weight is 384 g/mol. The molecule has 2 aromatic heterocycles. The fourth-order valence-corrected chi connectivity index (χ4v) is 3.40. The molecule has 1 aromatic carbocycles. The Morgan fingerprint density at radius 2 is 2.07 bits per heavy atom. The van der Waals surface area contributed by atoms with Crippen LogP contribution in [0.5, 0.6) is 0 Å². The second kappa shape index (κ2) is 7.46. The predicted octanol–water partition coefficient (Wildman–Crippen LogP) is 2.47. The van der Waals surface area contributed by atoms with Gasteiger partial charge in [-0.15, -0.1) is 0 Å². The molecule has 27 heavy (non-hydrogen) atoms. The fourth-order valence-electron chi connectivity index (χ4n) is 3.14. The summed E-state index contributed by atoms with van der Waals surface area (Å²) in [6.07, 6.45) is 2.88. The van der Waals surface area contributed by atoms with Crippen molar-refractivity contribution in [1.29, 1.82) is 0 Å². The Bertz CT molecular complexity index is 1010. The Hall–Kier alpha value is -2.77. The summed E-state index contributed by atoms with van der Waals surface area (Å²) in [6.45, 7) is 1.70. The molecule has 3 heterocycles. The summed E-state index contributed by atoms with van der Waals surface area (Å²) in [6, 6.07) is 10.9. The Balaban J connectivity index is 1.69. The van der Waals surface area contributed by atoms with Crippen LogP contribution in [0.25, 0.3) is 11.4 Å². The quantitative estimate of drug-likeness (QED) is 0.691. The molecule has 0 aliphatic carbocycles. The maximum atomic E-state index is 12.5. The summed E-state index contributed by atoms with van der Waals surface area (Å²) < 4.78 is 7.46. The van der Waals surface area contributed by atoms with Crippen LogP contribution in [-0.2, 0) is 11.8 Å². The standard InChI is InChI=1S/C19H18ClN5O2/c1-24-18(26)10-16(15-6-7-21-12-22-15)23-19(24)25-8-9-27-17(11-25)13-4-2-3-5-14(13)20/h2-7,10,12,17H,8-9,11H2,1H3/t17-/m0/s1. The van der Waals surface area contributed by atoms with Crippen molar-refractivity contribution in [1.82, 2.24) is 19.5 Å². The van der Waals surface area contributed by atoms with E-state index in [1.165, 1.54) is 12.4 Å². The molecule has 1 aliphatic heterocycles. The van der Waals surface area contributed by atoms with Gasteiger partial charge in [0.2, 0.25) is 5.95 Å². The first-order valence-corrected chi connectivity index (χ1v) is 8.96. The minimum absolute atomic E-state index is 0.144. The highest BCUT2D eigenvalue weighted by Crippen LogP contribution is 2.30. The summed E-state index contributed by atoms with van der Waals surface area (Å²) in [5, 5.41) is 0.668. The van der Waals surface area contributed by atoms with Crippen LogP contribution in [0.1, 0.15) is 11.7 Å². The van der Waals surface area contributed by atoms with Crippen LogP contribution in [-0.4, -0.2) is 39.2 Å². The molecule has 0 spiro atoms. The zero-order valence-electron chi connectivity index (χ0n) is 14.7. The third kappa shape index (κ3) is 3.56. The van der Waals surface area contributed by atoms with E-state index >= 15 is 0 Å². The number of hydrogen-bond donors (Lipinski definition) is 0. The first kappa shape index (κ1) is 17.6. The van der Waals surface area contributed by atoms with Crippen molar-refractivity contribution in [3.63, 3.8) is 0 Å². The van der Waals surface area contributed by atoms with Gasteiger partial charge in [-0.2, -0.15) is 0 Å². The lowest BCUT2D eigenvalue weighted by Crippen LogP contribution is -2.41. The summed E-state index contributed by atoms with van der Waals surface area (Å²) in [5.74, 6) is 0.580. The molecule has 1 fully saturated rings. The molecule has 0 amide bonds. The van der Waals surface area contributed by atoms with Crippen molar-refractivity contribution in [2.24, 2.45) is 7.05 Å². The highest BCUT2D eigenvalue weighted by molar-refractivity contribution is 6.31. The third-order valence-electron chi connectivity index (χ3n) is 4.56. The highest BCUT2D eigenvalue weighted by Gasteiger charge is 2.26. The molecule has 0 bridgehead atoms. The molecule has 8 heteroatoms. The van der Waals surface area contributed by atoms with Gasteiger partial charge in [-0.1, -0.05) is 29.8 Å². The van der Waals surface area contributed by atoms with Gasteiger partial charge in [0, 0.05) is 36.4 Å². The van der Waals surface area contributed by atoms with E-state index in [0.29, 0.717) is 42.1 Å². The second-order valence-electron chi connectivity index (χ2n) is 6.26. The van der Waals surface area contributed by atoms with Gasteiger partial charge >= 0.3 is 0 Å². The monoisotopic (exact) mass is 383 g/mol. The number of halogens is 1. The maximum Gasteiger partial charge on any atom is 0.255 e. The van der Waals surface area contributed by atoms with Crippen molar-refractivity contribution >= 4 is 17.5 Å². The van der Waals surface area contributed by atoms with Gasteiger partial charge in [-0.25, -0.2) is 15.0 Å². The van der Waals surface area contributed by atoms with Crippen LogP contribution in [0.3, 0.4) is 0 Å². The molecule has 0 saturated carbocycles. The van der Waals surface area contributed by atoms with Crippen LogP contribution >= 0.6 is 11.6 Å². The molecular weight excluding hydrogens is 366 g/mol. The topological polar surface area (TPSA) is 73.1 Å². The molecule has 1 atom stereocenters. The molecule has 0 radical (unpaired) electrons. The zero-order chi connectivity index (χ0) is 18.8. The molecule has 0 unspecified atom stereocenters. The van der Waals surface area contributed by atoms with Crippen LogP contribution in [0, 0.1) is 0 Å². The van der Waals surface area contributed by atoms with E-state index in [9.17, 15) is 4.79 Å².